The molecule has 1 aliphatic rings. The third-order valence-electron chi connectivity index (χ3n) is 3.45. The third kappa shape index (κ3) is 2.53. The summed E-state index contributed by atoms with van der Waals surface area (Å²) in [5.41, 5.74) is 1.95. The van der Waals surface area contributed by atoms with Crippen LogP contribution in [0, 0.1) is 0 Å². The maximum absolute atomic E-state index is 5.59. The van der Waals surface area contributed by atoms with Crippen LogP contribution in [0.15, 0.2) is 28.8 Å². The fourth-order valence-electron chi connectivity index (χ4n) is 2.43. The van der Waals surface area contributed by atoms with Crippen LogP contribution in [-0.2, 0) is 11.2 Å². The Balaban J connectivity index is 1.52. The van der Waals surface area contributed by atoms with Gasteiger partial charge in [0.25, 0.3) is 5.89 Å². The lowest BCUT2D eigenvalue weighted by Gasteiger charge is -2.19. The Labute approximate surface area is 120 Å². The molecule has 7 nitrogen and oxygen atoms in total. The lowest BCUT2D eigenvalue weighted by Crippen LogP contribution is -2.33. The van der Waals surface area contributed by atoms with Gasteiger partial charge >= 0.3 is 0 Å². The highest BCUT2D eigenvalue weighted by Gasteiger charge is 2.22. The van der Waals surface area contributed by atoms with Gasteiger partial charge in [-0.15, -0.1) is 0 Å². The largest absolute Gasteiger partial charge is 0.366 e. The van der Waals surface area contributed by atoms with Gasteiger partial charge in [-0.05, 0) is 12.1 Å². The second-order valence-corrected chi connectivity index (χ2v) is 4.99. The first-order valence-electron chi connectivity index (χ1n) is 6.97. The van der Waals surface area contributed by atoms with Crippen LogP contribution in [0.25, 0.3) is 11.0 Å². The van der Waals surface area contributed by atoms with E-state index in [-0.39, 0.29) is 6.10 Å². The number of imidazole rings is 1. The zero-order chi connectivity index (χ0) is 14.1. The first-order chi connectivity index (χ1) is 10.4. The third-order valence-corrected chi connectivity index (χ3v) is 3.45. The van der Waals surface area contributed by atoms with E-state index < -0.39 is 0 Å². The molecule has 3 heterocycles. The number of fused-ring (bicyclic) bond motifs is 1. The Bertz CT molecular complexity index is 712. The lowest BCUT2D eigenvalue weighted by molar-refractivity contribution is 0.00755. The summed E-state index contributed by atoms with van der Waals surface area (Å²) in [6.45, 7) is 2.22. The van der Waals surface area contributed by atoms with Crippen molar-refractivity contribution in [1.82, 2.24) is 25.4 Å². The van der Waals surface area contributed by atoms with E-state index in [0.717, 1.165) is 23.4 Å². The quantitative estimate of drug-likeness (QED) is 0.751. The van der Waals surface area contributed by atoms with Crippen LogP contribution in [0.3, 0.4) is 0 Å². The highest BCUT2D eigenvalue weighted by molar-refractivity contribution is 5.74. The number of rotatable bonds is 3. The lowest BCUT2D eigenvalue weighted by atomic mass is 10.3. The molecule has 1 aromatic carbocycles. The Morgan fingerprint density at radius 2 is 2.19 bits per heavy atom. The summed E-state index contributed by atoms with van der Waals surface area (Å²) in [5, 5.41) is 7.24. The van der Waals surface area contributed by atoms with Crippen molar-refractivity contribution in [1.29, 1.82) is 0 Å². The van der Waals surface area contributed by atoms with Crippen LogP contribution in [0.4, 0.5) is 0 Å². The number of nitrogens with one attached hydrogen (secondary N) is 2. The maximum atomic E-state index is 5.59. The predicted molar refractivity (Wildman–Crippen MR) is 74.8 cm³/mol. The number of hydrogen-bond donors (Lipinski definition) is 2. The molecule has 1 fully saturated rings. The van der Waals surface area contributed by atoms with Crippen molar-refractivity contribution in [2.45, 2.75) is 12.5 Å². The molecule has 0 radical (unpaired) electrons. The van der Waals surface area contributed by atoms with Crippen molar-refractivity contribution in [2.75, 3.05) is 19.7 Å². The molecular weight excluding hydrogens is 270 g/mol. The number of hydrogen-bond acceptors (Lipinski definition) is 6. The molecule has 0 amide bonds. The summed E-state index contributed by atoms with van der Waals surface area (Å²) in [4.78, 5) is 12.2. The normalized spacial score (nSPS) is 19.1. The van der Waals surface area contributed by atoms with Gasteiger partial charge in [0.05, 0.1) is 24.1 Å². The molecule has 1 atom stereocenters. The van der Waals surface area contributed by atoms with Crippen molar-refractivity contribution < 1.29 is 9.26 Å². The van der Waals surface area contributed by atoms with E-state index in [1.54, 1.807) is 0 Å². The summed E-state index contributed by atoms with van der Waals surface area (Å²) in [6.07, 6.45) is 0.355. The minimum atomic E-state index is -0.157. The number of aromatic amines is 1. The van der Waals surface area contributed by atoms with E-state index in [0.29, 0.717) is 31.3 Å². The first-order valence-corrected chi connectivity index (χ1v) is 6.97. The highest BCUT2D eigenvalue weighted by atomic mass is 16.5. The van der Waals surface area contributed by atoms with E-state index >= 15 is 0 Å². The van der Waals surface area contributed by atoms with Crippen LogP contribution in [-0.4, -0.2) is 39.8 Å². The van der Waals surface area contributed by atoms with Gasteiger partial charge < -0.3 is 19.6 Å². The summed E-state index contributed by atoms with van der Waals surface area (Å²) < 4.78 is 10.9. The van der Waals surface area contributed by atoms with E-state index in [4.69, 9.17) is 9.26 Å². The number of para-hydroxylation sites is 2. The summed E-state index contributed by atoms with van der Waals surface area (Å²) >= 11 is 0. The zero-order valence-electron chi connectivity index (χ0n) is 11.4. The number of nitrogens with zero attached hydrogens (tertiary/aromatic N) is 3. The summed E-state index contributed by atoms with van der Waals surface area (Å²) in [7, 11) is 0. The summed E-state index contributed by atoms with van der Waals surface area (Å²) in [5.74, 6) is 1.96. The monoisotopic (exact) mass is 285 g/mol. The Morgan fingerprint density at radius 3 is 3.05 bits per heavy atom. The van der Waals surface area contributed by atoms with Gasteiger partial charge in [-0.1, -0.05) is 17.3 Å². The van der Waals surface area contributed by atoms with Crippen LogP contribution >= 0.6 is 0 Å². The van der Waals surface area contributed by atoms with Crippen LogP contribution < -0.4 is 5.32 Å². The van der Waals surface area contributed by atoms with Gasteiger partial charge in [-0.2, -0.15) is 4.98 Å². The SMILES string of the molecule is c1ccc2[nH]c(Cc3noc(C4CNCCO4)n3)nc2c1. The first kappa shape index (κ1) is 12.5. The molecule has 0 bridgehead atoms. The van der Waals surface area contributed by atoms with Crippen LogP contribution in [0.1, 0.15) is 23.6 Å². The number of morpholine rings is 1. The maximum Gasteiger partial charge on any atom is 0.257 e. The van der Waals surface area contributed by atoms with E-state index in [1.807, 2.05) is 24.3 Å². The number of benzene rings is 1. The molecule has 7 heteroatoms. The Kier molecular flexibility index (Phi) is 3.13. The molecule has 1 aliphatic heterocycles. The van der Waals surface area contributed by atoms with Gasteiger partial charge in [-0.3, -0.25) is 0 Å². The number of aromatic nitrogens is 4. The molecule has 2 aromatic heterocycles. The summed E-state index contributed by atoms with van der Waals surface area (Å²) in [6, 6.07) is 7.91. The van der Waals surface area contributed by atoms with Crippen molar-refractivity contribution in [3.05, 3.63) is 41.8 Å². The van der Waals surface area contributed by atoms with Crippen molar-refractivity contribution in [2.24, 2.45) is 0 Å². The molecule has 2 N–H and O–H groups in total. The predicted octanol–water partition coefficient (Wildman–Crippen LogP) is 1.20. The average Bonchev–Trinajstić information content (AvgIpc) is 3.14. The topological polar surface area (TPSA) is 88.9 Å². The molecular formula is C14H15N5O2. The molecule has 1 unspecified atom stereocenters. The average molecular weight is 285 g/mol. The van der Waals surface area contributed by atoms with E-state index in [1.165, 1.54) is 0 Å². The molecule has 0 spiro atoms. The fourth-order valence-corrected chi connectivity index (χ4v) is 2.43. The van der Waals surface area contributed by atoms with E-state index in [9.17, 15) is 0 Å². The van der Waals surface area contributed by atoms with Crippen LogP contribution in [0.2, 0.25) is 0 Å². The minimum Gasteiger partial charge on any atom is -0.366 e. The standard InChI is InChI=1S/C14H15N5O2/c1-2-4-10-9(3-1)16-12(17-10)7-13-18-14(21-19-13)11-8-15-5-6-20-11/h1-4,11,15H,5-8H2,(H,16,17). The number of H-pyrrole nitrogens is 1. The number of ether oxygens (including phenoxy) is 1. The van der Waals surface area contributed by atoms with Gasteiger partial charge in [0.1, 0.15) is 11.9 Å². The molecule has 21 heavy (non-hydrogen) atoms. The Morgan fingerprint density at radius 1 is 1.24 bits per heavy atom. The minimum absolute atomic E-state index is 0.157. The molecule has 0 aliphatic carbocycles. The second-order valence-electron chi connectivity index (χ2n) is 4.99. The fraction of sp³-hybridized carbons (Fsp3) is 0.357. The molecule has 0 saturated carbocycles. The van der Waals surface area contributed by atoms with E-state index in [2.05, 4.69) is 25.4 Å². The van der Waals surface area contributed by atoms with Gasteiger partial charge in [0.15, 0.2) is 5.82 Å². The molecule has 1 saturated heterocycles. The Hall–Kier alpha value is -2.25. The van der Waals surface area contributed by atoms with Crippen molar-refractivity contribution in [3.63, 3.8) is 0 Å². The molecule has 108 valence electrons. The van der Waals surface area contributed by atoms with Gasteiger partial charge in [0, 0.05) is 13.1 Å². The van der Waals surface area contributed by atoms with Gasteiger partial charge in [0.2, 0.25) is 0 Å². The smallest absolute Gasteiger partial charge is 0.257 e. The van der Waals surface area contributed by atoms with Crippen LogP contribution in [0.5, 0.6) is 0 Å². The van der Waals surface area contributed by atoms with Crippen molar-refractivity contribution >= 4 is 11.0 Å². The molecule has 3 aromatic rings. The van der Waals surface area contributed by atoms with Gasteiger partial charge in [-0.25, -0.2) is 4.98 Å². The molecule has 4 rings (SSSR count). The second kappa shape index (κ2) is 5.27. The van der Waals surface area contributed by atoms with Crippen molar-refractivity contribution in [3.8, 4) is 0 Å². The highest BCUT2D eigenvalue weighted by Crippen LogP contribution is 2.18. The zero-order valence-corrected chi connectivity index (χ0v) is 11.4.